The van der Waals surface area contributed by atoms with E-state index < -0.39 is 0 Å². The number of rotatable bonds is 0. The molecule has 0 amide bonds. The van der Waals surface area contributed by atoms with Gasteiger partial charge in [-0.15, -0.1) is 14.8 Å². The van der Waals surface area contributed by atoms with Crippen molar-refractivity contribution >= 4 is 32.1 Å². The molecule has 0 bridgehead atoms. The normalized spacial score (nSPS) is 9.70. The molecular formula is C7H5S2Y-. The molecule has 0 atom stereocenters. The minimum Gasteiger partial charge on any atom is -0.295 e. The van der Waals surface area contributed by atoms with Gasteiger partial charge in [0.15, 0.2) is 0 Å². The first-order valence-electron chi connectivity index (χ1n) is 2.72. The average molecular weight is 242 g/mol. The number of hydrogen-bond acceptors (Lipinski definition) is 2. The first-order valence-corrected chi connectivity index (χ1v) is 4.35. The standard InChI is InChI=1S/C7H5S2.Y/c1-5-4-7-6(9-5)2-3-8-7;/h2,4H,1H3;/q-1;. The van der Waals surface area contributed by atoms with Crippen LogP contribution in [0.4, 0.5) is 0 Å². The Morgan fingerprint density at radius 2 is 2.20 bits per heavy atom. The molecule has 0 unspecified atom stereocenters. The zero-order chi connectivity index (χ0) is 6.27. The summed E-state index contributed by atoms with van der Waals surface area (Å²) in [5, 5.41) is 3.10. The van der Waals surface area contributed by atoms with E-state index in [9.17, 15) is 0 Å². The van der Waals surface area contributed by atoms with Crippen molar-refractivity contribution in [1.29, 1.82) is 0 Å². The van der Waals surface area contributed by atoms with Gasteiger partial charge in [0.05, 0.1) is 0 Å². The first kappa shape index (κ1) is 8.86. The van der Waals surface area contributed by atoms with Crippen LogP contribution in [0.2, 0.25) is 0 Å². The van der Waals surface area contributed by atoms with Crippen LogP contribution in [0.15, 0.2) is 12.1 Å². The van der Waals surface area contributed by atoms with Crippen molar-refractivity contribution in [1.82, 2.24) is 0 Å². The largest absolute Gasteiger partial charge is 0.295 e. The molecule has 0 fully saturated rings. The second-order valence-corrected chi connectivity index (χ2v) is 4.12. The Morgan fingerprint density at radius 3 is 2.90 bits per heavy atom. The molecule has 0 saturated carbocycles. The van der Waals surface area contributed by atoms with Gasteiger partial charge in [0, 0.05) is 32.7 Å². The van der Waals surface area contributed by atoms with Gasteiger partial charge >= 0.3 is 0 Å². The molecule has 2 heterocycles. The van der Waals surface area contributed by atoms with Crippen LogP contribution in [-0.2, 0) is 32.7 Å². The fourth-order valence-electron chi connectivity index (χ4n) is 0.836. The van der Waals surface area contributed by atoms with Crippen molar-refractivity contribution in [2.45, 2.75) is 6.92 Å². The van der Waals surface area contributed by atoms with Crippen LogP contribution < -0.4 is 0 Å². The maximum atomic E-state index is 3.10. The molecule has 0 aliphatic heterocycles. The molecule has 0 aliphatic carbocycles. The SMILES string of the molecule is Cc1cc2s[c-]cc2s1.[Y]. The summed E-state index contributed by atoms with van der Waals surface area (Å²) >= 11 is 3.53. The van der Waals surface area contributed by atoms with E-state index in [1.165, 1.54) is 14.3 Å². The van der Waals surface area contributed by atoms with Crippen LogP contribution in [0.5, 0.6) is 0 Å². The molecule has 2 aromatic rings. The summed E-state index contributed by atoms with van der Waals surface area (Å²) in [5.41, 5.74) is 0. The molecule has 49 valence electrons. The van der Waals surface area contributed by atoms with E-state index in [0.717, 1.165) is 0 Å². The summed E-state index contributed by atoms with van der Waals surface area (Å²) < 4.78 is 2.75. The van der Waals surface area contributed by atoms with E-state index in [0.29, 0.717) is 0 Å². The Kier molecular flexibility index (Phi) is 3.05. The molecule has 0 spiro atoms. The minimum absolute atomic E-state index is 0. The van der Waals surface area contributed by atoms with Crippen LogP contribution in [0, 0.1) is 12.3 Å². The first-order chi connectivity index (χ1) is 4.36. The van der Waals surface area contributed by atoms with Crippen molar-refractivity contribution in [2.75, 3.05) is 0 Å². The number of aryl methyl sites for hydroxylation is 1. The third-order valence-corrected chi connectivity index (χ3v) is 3.13. The molecule has 0 aliphatic rings. The Hall–Kier alpha value is 0.764. The van der Waals surface area contributed by atoms with Crippen molar-refractivity contribution in [3.8, 4) is 0 Å². The predicted molar refractivity (Wildman–Crippen MR) is 43.3 cm³/mol. The van der Waals surface area contributed by atoms with Crippen LogP contribution in [0.25, 0.3) is 9.40 Å². The van der Waals surface area contributed by atoms with Gasteiger partial charge in [0.2, 0.25) is 0 Å². The summed E-state index contributed by atoms with van der Waals surface area (Å²) in [6.07, 6.45) is 0. The van der Waals surface area contributed by atoms with E-state index >= 15 is 0 Å². The molecule has 0 aromatic carbocycles. The van der Waals surface area contributed by atoms with Gasteiger partial charge in [-0.1, -0.05) is 6.07 Å². The Balaban J connectivity index is 0.000000500. The summed E-state index contributed by atoms with van der Waals surface area (Å²) in [6, 6.07) is 4.26. The van der Waals surface area contributed by atoms with E-state index in [1.54, 1.807) is 11.3 Å². The summed E-state index contributed by atoms with van der Waals surface area (Å²) in [5.74, 6) is 0. The van der Waals surface area contributed by atoms with E-state index in [4.69, 9.17) is 0 Å². The second-order valence-electron chi connectivity index (χ2n) is 1.95. The van der Waals surface area contributed by atoms with Crippen molar-refractivity contribution < 1.29 is 32.7 Å². The summed E-state index contributed by atoms with van der Waals surface area (Å²) in [4.78, 5) is 1.39. The Labute approximate surface area is 93.1 Å². The van der Waals surface area contributed by atoms with Crippen LogP contribution in [0.1, 0.15) is 4.88 Å². The third kappa shape index (κ3) is 1.50. The van der Waals surface area contributed by atoms with Gasteiger partial charge in [-0.05, 0) is 11.8 Å². The van der Waals surface area contributed by atoms with Gasteiger partial charge in [-0.25, -0.2) is 11.3 Å². The van der Waals surface area contributed by atoms with Gasteiger partial charge < -0.3 is 0 Å². The number of fused-ring (bicyclic) bond motifs is 1. The minimum atomic E-state index is 0. The molecule has 2 aromatic heterocycles. The Bertz CT molecular complexity index is 292. The summed E-state index contributed by atoms with van der Waals surface area (Å²) in [7, 11) is 0. The number of thiophene rings is 2. The predicted octanol–water partition coefficient (Wildman–Crippen LogP) is 3.07. The maximum absolute atomic E-state index is 3.10. The van der Waals surface area contributed by atoms with E-state index in [2.05, 4.69) is 24.4 Å². The van der Waals surface area contributed by atoms with Crippen LogP contribution >= 0.6 is 22.7 Å². The zero-order valence-electron chi connectivity index (χ0n) is 5.55. The molecular weight excluding hydrogens is 237 g/mol. The van der Waals surface area contributed by atoms with Crippen LogP contribution in [0.3, 0.4) is 0 Å². The van der Waals surface area contributed by atoms with Gasteiger partial charge in [0.25, 0.3) is 0 Å². The van der Waals surface area contributed by atoms with Gasteiger partial charge in [-0.3, -0.25) is 11.3 Å². The zero-order valence-corrected chi connectivity index (χ0v) is 10.0. The van der Waals surface area contributed by atoms with E-state index in [1.807, 2.05) is 11.3 Å². The molecule has 10 heavy (non-hydrogen) atoms. The topological polar surface area (TPSA) is 0 Å². The maximum Gasteiger partial charge on any atom is 0 e. The van der Waals surface area contributed by atoms with Crippen molar-refractivity contribution in [3.05, 3.63) is 22.4 Å². The molecule has 0 nitrogen and oxygen atoms in total. The van der Waals surface area contributed by atoms with Crippen molar-refractivity contribution in [3.63, 3.8) is 0 Å². The van der Waals surface area contributed by atoms with Crippen LogP contribution in [-0.4, -0.2) is 0 Å². The summed E-state index contributed by atoms with van der Waals surface area (Å²) in [6.45, 7) is 2.14. The van der Waals surface area contributed by atoms with E-state index in [-0.39, 0.29) is 32.7 Å². The molecule has 0 N–H and O–H groups in total. The number of hydrogen-bond donors (Lipinski definition) is 0. The second kappa shape index (κ2) is 3.44. The fourth-order valence-corrected chi connectivity index (χ4v) is 2.73. The quantitative estimate of drug-likeness (QED) is 0.623. The fraction of sp³-hybridized carbons (Fsp3) is 0.143. The third-order valence-electron chi connectivity index (χ3n) is 1.21. The smallest absolute Gasteiger partial charge is 0 e. The monoisotopic (exact) mass is 242 g/mol. The molecule has 0 saturated heterocycles. The Morgan fingerprint density at radius 1 is 1.40 bits per heavy atom. The molecule has 3 heteroatoms. The van der Waals surface area contributed by atoms with Gasteiger partial charge in [0.1, 0.15) is 0 Å². The van der Waals surface area contributed by atoms with Gasteiger partial charge in [-0.2, -0.15) is 6.07 Å². The average Bonchev–Trinajstić information content (AvgIpc) is 2.22. The van der Waals surface area contributed by atoms with Crippen molar-refractivity contribution in [2.24, 2.45) is 0 Å². The molecule has 1 radical (unpaired) electrons. The molecule has 2 rings (SSSR count).